The molecular formula is C14H23NO2S. The Morgan fingerprint density at radius 2 is 2.33 bits per heavy atom. The monoisotopic (exact) mass is 269 g/mol. The largest absolute Gasteiger partial charge is 0.457 e. The van der Waals surface area contributed by atoms with E-state index >= 15 is 0 Å². The number of esters is 1. The zero-order chi connectivity index (χ0) is 13.2. The lowest BCUT2D eigenvalue weighted by atomic mass is 10.2. The van der Waals surface area contributed by atoms with Crippen molar-refractivity contribution in [1.82, 2.24) is 5.32 Å². The highest BCUT2D eigenvalue weighted by Crippen LogP contribution is 2.26. The van der Waals surface area contributed by atoms with Gasteiger partial charge in [-0.2, -0.15) is 0 Å². The SMILES string of the molecule is CCCCCC(=O)OC(CCNC)c1cccs1. The summed E-state index contributed by atoms with van der Waals surface area (Å²) in [7, 11) is 1.91. The molecule has 102 valence electrons. The molecule has 1 N–H and O–H groups in total. The zero-order valence-corrected chi connectivity index (χ0v) is 12.1. The highest BCUT2D eigenvalue weighted by molar-refractivity contribution is 7.10. The molecule has 18 heavy (non-hydrogen) atoms. The van der Waals surface area contributed by atoms with Gasteiger partial charge in [-0.25, -0.2) is 0 Å². The van der Waals surface area contributed by atoms with Crippen molar-refractivity contribution in [2.45, 2.75) is 45.1 Å². The van der Waals surface area contributed by atoms with Crippen LogP contribution in [-0.2, 0) is 9.53 Å². The van der Waals surface area contributed by atoms with Gasteiger partial charge in [-0.3, -0.25) is 4.79 Å². The maximum atomic E-state index is 11.7. The van der Waals surface area contributed by atoms with Crippen LogP contribution in [0.25, 0.3) is 0 Å². The molecule has 1 unspecified atom stereocenters. The third kappa shape index (κ3) is 5.65. The van der Waals surface area contributed by atoms with Crippen LogP contribution in [0.2, 0.25) is 0 Å². The van der Waals surface area contributed by atoms with E-state index in [0.29, 0.717) is 6.42 Å². The van der Waals surface area contributed by atoms with Crippen molar-refractivity contribution in [2.24, 2.45) is 0 Å². The summed E-state index contributed by atoms with van der Waals surface area (Å²) in [5.41, 5.74) is 0. The quantitative estimate of drug-likeness (QED) is 0.550. The predicted octanol–water partition coefficient (Wildman–Crippen LogP) is 3.52. The number of rotatable bonds is 9. The Morgan fingerprint density at radius 3 is 2.94 bits per heavy atom. The van der Waals surface area contributed by atoms with Gasteiger partial charge in [0, 0.05) is 17.7 Å². The standard InChI is InChI=1S/C14H23NO2S/c1-3-4-5-8-14(16)17-12(9-10-15-2)13-7-6-11-18-13/h6-7,11-12,15H,3-5,8-10H2,1-2H3. The van der Waals surface area contributed by atoms with E-state index in [1.807, 2.05) is 24.6 Å². The van der Waals surface area contributed by atoms with E-state index in [4.69, 9.17) is 4.74 Å². The normalized spacial score (nSPS) is 12.3. The number of carbonyl (C=O) groups excluding carboxylic acids is 1. The Labute approximate surface area is 114 Å². The maximum Gasteiger partial charge on any atom is 0.306 e. The molecule has 3 nitrogen and oxygen atoms in total. The second-order valence-electron chi connectivity index (χ2n) is 4.34. The summed E-state index contributed by atoms with van der Waals surface area (Å²) in [5.74, 6) is -0.0713. The molecule has 1 aromatic heterocycles. The van der Waals surface area contributed by atoms with E-state index in [1.54, 1.807) is 11.3 Å². The number of thiophene rings is 1. The van der Waals surface area contributed by atoms with Crippen LogP contribution in [-0.4, -0.2) is 19.6 Å². The number of unbranched alkanes of at least 4 members (excludes halogenated alkanes) is 2. The van der Waals surface area contributed by atoms with E-state index in [1.165, 1.54) is 0 Å². The Kier molecular flexibility index (Phi) is 7.69. The number of hydrogen-bond acceptors (Lipinski definition) is 4. The predicted molar refractivity (Wildman–Crippen MR) is 75.8 cm³/mol. The van der Waals surface area contributed by atoms with Gasteiger partial charge in [-0.15, -0.1) is 11.3 Å². The first kappa shape index (κ1) is 15.2. The second-order valence-corrected chi connectivity index (χ2v) is 5.32. The molecule has 0 bridgehead atoms. The molecule has 0 aliphatic rings. The third-order valence-electron chi connectivity index (χ3n) is 2.78. The lowest BCUT2D eigenvalue weighted by Crippen LogP contribution is -2.16. The molecule has 0 spiro atoms. The van der Waals surface area contributed by atoms with Crippen LogP contribution in [0.3, 0.4) is 0 Å². The third-order valence-corrected chi connectivity index (χ3v) is 3.74. The van der Waals surface area contributed by atoms with E-state index in [9.17, 15) is 4.79 Å². The average molecular weight is 269 g/mol. The van der Waals surface area contributed by atoms with Crippen molar-refractivity contribution < 1.29 is 9.53 Å². The van der Waals surface area contributed by atoms with Gasteiger partial charge in [0.05, 0.1) is 0 Å². The molecule has 0 radical (unpaired) electrons. The molecular weight excluding hydrogens is 246 g/mol. The van der Waals surface area contributed by atoms with Crippen LogP contribution in [0.15, 0.2) is 17.5 Å². The van der Waals surface area contributed by atoms with E-state index < -0.39 is 0 Å². The molecule has 1 aromatic rings. The molecule has 1 heterocycles. The van der Waals surface area contributed by atoms with Gasteiger partial charge in [0.2, 0.25) is 0 Å². The van der Waals surface area contributed by atoms with Crippen LogP contribution >= 0.6 is 11.3 Å². The van der Waals surface area contributed by atoms with Crippen molar-refractivity contribution in [3.05, 3.63) is 22.4 Å². The zero-order valence-electron chi connectivity index (χ0n) is 11.3. The molecule has 1 atom stereocenters. The van der Waals surface area contributed by atoms with Crippen molar-refractivity contribution in [3.63, 3.8) is 0 Å². The minimum Gasteiger partial charge on any atom is -0.457 e. The minimum atomic E-state index is -0.0911. The summed E-state index contributed by atoms with van der Waals surface area (Å²) in [6.07, 6.45) is 4.42. The van der Waals surface area contributed by atoms with Gasteiger partial charge in [0.25, 0.3) is 0 Å². The van der Waals surface area contributed by atoms with Crippen molar-refractivity contribution in [1.29, 1.82) is 0 Å². The molecule has 0 aliphatic carbocycles. The van der Waals surface area contributed by atoms with Crippen molar-refractivity contribution in [2.75, 3.05) is 13.6 Å². The molecule has 0 aliphatic heterocycles. The average Bonchev–Trinajstić information content (AvgIpc) is 2.88. The van der Waals surface area contributed by atoms with E-state index in [-0.39, 0.29) is 12.1 Å². The van der Waals surface area contributed by atoms with Crippen LogP contribution in [0, 0.1) is 0 Å². The molecule has 0 saturated carbocycles. The minimum absolute atomic E-state index is 0.0713. The first-order valence-electron chi connectivity index (χ1n) is 6.65. The van der Waals surface area contributed by atoms with E-state index in [2.05, 4.69) is 12.2 Å². The van der Waals surface area contributed by atoms with Gasteiger partial charge in [-0.1, -0.05) is 25.8 Å². The first-order chi connectivity index (χ1) is 8.77. The van der Waals surface area contributed by atoms with Gasteiger partial charge in [0.15, 0.2) is 0 Å². The Balaban J connectivity index is 2.43. The molecule has 1 rings (SSSR count). The smallest absolute Gasteiger partial charge is 0.306 e. The van der Waals surface area contributed by atoms with Gasteiger partial charge in [0.1, 0.15) is 6.10 Å². The highest BCUT2D eigenvalue weighted by Gasteiger charge is 2.16. The van der Waals surface area contributed by atoms with Gasteiger partial charge >= 0.3 is 5.97 Å². The maximum absolute atomic E-state index is 11.7. The van der Waals surface area contributed by atoms with Crippen LogP contribution in [0.1, 0.15) is 50.0 Å². The second kappa shape index (κ2) is 9.11. The topological polar surface area (TPSA) is 38.3 Å². The van der Waals surface area contributed by atoms with Crippen LogP contribution in [0.4, 0.5) is 0 Å². The van der Waals surface area contributed by atoms with Crippen LogP contribution < -0.4 is 5.32 Å². The lowest BCUT2D eigenvalue weighted by molar-refractivity contribution is -0.149. The van der Waals surface area contributed by atoms with Crippen LogP contribution in [0.5, 0.6) is 0 Å². The number of carbonyl (C=O) groups is 1. The summed E-state index contributed by atoms with van der Waals surface area (Å²) in [5, 5.41) is 5.12. The van der Waals surface area contributed by atoms with Crippen molar-refractivity contribution >= 4 is 17.3 Å². The number of hydrogen-bond donors (Lipinski definition) is 1. The Hall–Kier alpha value is -0.870. The molecule has 0 aromatic carbocycles. The summed E-state index contributed by atoms with van der Waals surface area (Å²) < 4.78 is 5.58. The molecule has 4 heteroatoms. The summed E-state index contributed by atoms with van der Waals surface area (Å²) in [4.78, 5) is 12.9. The number of ether oxygens (including phenoxy) is 1. The molecule has 0 fully saturated rings. The van der Waals surface area contributed by atoms with E-state index in [0.717, 1.165) is 37.1 Å². The lowest BCUT2D eigenvalue weighted by Gasteiger charge is -2.16. The summed E-state index contributed by atoms with van der Waals surface area (Å²) >= 11 is 1.65. The molecule has 0 amide bonds. The first-order valence-corrected chi connectivity index (χ1v) is 7.53. The van der Waals surface area contributed by atoms with Crippen molar-refractivity contribution in [3.8, 4) is 0 Å². The summed E-state index contributed by atoms with van der Waals surface area (Å²) in [6, 6.07) is 4.03. The fourth-order valence-electron chi connectivity index (χ4n) is 1.75. The van der Waals surface area contributed by atoms with Gasteiger partial charge in [-0.05, 0) is 31.5 Å². The number of nitrogens with one attached hydrogen (secondary N) is 1. The highest BCUT2D eigenvalue weighted by atomic mass is 32.1. The molecule has 0 saturated heterocycles. The fourth-order valence-corrected chi connectivity index (χ4v) is 2.54. The summed E-state index contributed by atoms with van der Waals surface area (Å²) in [6.45, 7) is 2.98. The van der Waals surface area contributed by atoms with Gasteiger partial charge < -0.3 is 10.1 Å². The Bertz CT molecular complexity index is 325. The Morgan fingerprint density at radius 1 is 1.50 bits per heavy atom. The fraction of sp³-hybridized carbons (Fsp3) is 0.643.